The minimum atomic E-state index is -0.619. The summed E-state index contributed by atoms with van der Waals surface area (Å²) in [7, 11) is 4.48. The van der Waals surface area contributed by atoms with Crippen molar-refractivity contribution in [2.45, 2.75) is 19.3 Å². The molecule has 2 aromatic rings. The Bertz CT molecular complexity index is 964. The van der Waals surface area contributed by atoms with E-state index < -0.39 is 24.3 Å². The van der Waals surface area contributed by atoms with Gasteiger partial charge in [0.15, 0.2) is 18.1 Å². The van der Waals surface area contributed by atoms with Crippen molar-refractivity contribution in [2.75, 3.05) is 39.4 Å². The molecule has 0 fully saturated rings. The zero-order valence-electron chi connectivity index (χ0n) is 18.2. The first-order chi connectivity index (χ1) is 15.4. The minimum absolute atomic E-state index is 0.00378. The summed E-state index contributed by atoms with van der Waals surface area (Å²) in [4.78, 5) is 25.8. The molecule has 1 amide bonds. The molecule has 2 aromatic carbocycles. The van der Waals surface area contributed by atoms with Crippen LogP contribution in [-0.4, -0.2) is 46.4 Å². The molecule has 0 unspecified atom stereocenters. The van der Waals surface area contributed by atoms with Crippen LogP contribution in [0, 0.1) is 17.1 Å². The molecule has 0 heterocycles. The van der Waals surface area contributed by atoms with Crippen molar-refractivity contribution in [1.29, 1.82) is 5.26 Å². The van der Waals surface area contributed by atoms with Crippen molar-refractivity contribution in [3.63, 3.8) is 0 Å². The number of carbonyl (C=O) groups is 2. The lowest BCUT2D eigenvalue weighted by molar-refractivity contribution is -0.147. The van der Waals surface area contributed by atoms with Gasteiger partial charge in [0.1, 0.15) is 5.82 Å². The first kappa shape index (κ1) is 24.5. The van der Waals surface area contributed by atoms with Crippen LogP contribution in [0.2, 0.25) is 0 Å². The number of rotatable bonds is 11. The van der Waals surface area contributed by atoms with Gasteiger partial charge in [-0.2, -0.15) is 5.26 Å². The molecule has 0 atom stereocenters. The molecule has 170 valence electrons. The quantitative estimate of drug-likeness (QED) is 0.491. The predicted octanol–water partition coefficient (Wildman–Crippen LogP) is 3.27. The Morgan fingerprint density at radius 2 is 1.72 bits per heavy atom. The van der Waals surface area contributed by atoms with Crippen molar-refractivity contribution >= 4 is 17.6 Å². The van der Waals surface area contributed by atoms with E-state index in [1.54, 1.807) is 18.2 Å². The molecule has 0 N–H and O–H groups in total. The molecule has 2 rings (SSSR count). The maximum absolute atomic E-state index is 14.1. The van der Waals surface area contributed by atoms with E-state index in [1.165, 1.54) is 39.5 Å². The summed E-state index contributed by atoms with van der Waals surface area (Å²) in [5.74, 6) is -0.454. The highest BCUT2D eigenvalue weighted by Crippen LogP contribution is 2.38. The molecule has 32 heavy (non-hydrogen) atoms. The van der Waals surface area contributed by atoms with Crippen LogP contribution < -0.4 is 19.1 Å². The van der Waals surface area contributed by atoms with Gasteiger partial charge in [-0.1, -0.05) is 12.1 Å². The highest BCUT2D eigenvalue weighted by atomic mass is 19.1. The van der Waals surface area contributed by atoms with Crippen molar-refractivity contribution < 1.29 is 32.9 Å². The van der Waals surface area contributed by atoms with Gasteiger partial charge in [0.05, 0.1) is 39.5 Å². The number of aryl methyl sites for hydroxylation is 1. The summed E-state index contributed by atoms with van der Waals surface area (Å²) >= 11 is 0. The van der Waals surface area contributed by atoms with Gasteiger partial charge < -0.3 is 23.8 Å². The predicted molar refractivity (Wildman–Crippen MR) is 114 cm³/mol. The minimum Gasteiger partial charge on any atom is -0.493 e. The van der Waals surface area contributed by atoms with Crippen LogP contribution in [0.1, 0.15) is 18.4 Å². The van der Waals surface area contributed by atoms with Gasteiger partial charge in [-0.3, -0.25) is 9.59 Å². The average molecular weight is 444 g/mol. The molecular weight excluding hydrogens is 419 g/mol. The molecule has 0 radical (unpaired) electrons. The molecule has 0 saturated heterocycles. The van der Waals surface area contributed by atoms with Crippen molar-refractivity contribution in [3.05, 3.63) is 47.8 Å². The normalized spacial score (nSPS) is 10.1. The van der Waals surface area contributed by atoms with E-state index in [-0.39, 0.29) is 25.1 Å². The third-order valence-electron chi connectivity index (χ3n) is 4.59. The lowest BCUT2D eigenvalue weighted by atomic mass is 10.1. The molecule has 0 aliphatic carbocycles. The van der Waals surface area contributed by atoms with Gasteiger partial charge in [0.2, 0.25) is 5.75 Å². The number of nitriles is 1. The molecular formula is C23H25FN2O6. The number of nitrogens with zero attached hydrogens (tertiary/aromatic N) is 2. The zero-order chi connectivity index (χ0) is 23.5. The second-order valence-electron chi connectivity index (χ2n) is 6.60. The van der Waals surface area contributed by atoms with E-state index in [1.807, 2.05) is 6.07 Å². The lowest BCUT2D eigenvalue weighted by Crippen LogP contribution is -2.36. The maximum atomic E-state index is 14.1. The van der Waals surface area contributed by atoms with E-state index in [9.17, 15) is 14.0 Å². The fourth-order valence-electron chi connectivity index (χ4n) is 3.03. The average Bonchev–Trinajstić information content (AvgIpc) is 2.81. The van der Waals surface area contributed by atoms with Crippen molar-refractivity contribution in [1.82, 2.24) is 0 Å². The Morgan fingerprint density at radius 3 is 2.28 bits per heavy atom. The van der Waals surface area contributed by atoms with Crippen molar-refractivity contribution in [2.24, 2.45) is 0 Å². The van der Waals surface area contributed by atoms with Crippen LogP contribution in [0.25, 0.3) is 0 Å². The number of halogens is 1. The first-order valence-electron chi connectivity index (χ1n) is 9.81. The van der Waals surface area contributed by atoms with Crippen LogP contribution in [0.4, 0.5) is 10.1 Å². The number of esters is 1. The standard InChI is InChI=1S/C23H25FN2O6/c1-29-19-13-16(14-20(30-2)23(19)31-3)9-10-22(28)32-15-21(27)26(12-6-11-25)18-8-5-4-7-17(18)24/h4-5,7-8,13-14H,6,9-10,12,15H2,1-3H3. The Balaban J connectivity index is 1.99. The molecule has 0 aliphatic rings. The number of carbonyl (C=O) groups excluding carboxylic acids is 2. The van der Waals surface area contributed by atoms with E-state index in [0.29, 0.717) is 23.7 Å². The summed E-state index contributed by atoms with van der Waals surface area (Å²) in [5, 5.41) is 8.82. The van der Waals surface area contributed by atoms with E-state index in [2.05, 4.69) is 0 Å². The summed E-state index contributed by atoms with van der Waals surface area (Å²) < 4.78 is 35.0. The molecule has 0 aromatic heterocycles. The second kappa shape index (κ2) is 12.2. The number of ether oxygens (including phenoxy) is 4. The molecule has 9 heteroatoms. The van der Waals surface area contributed by atoms with Gasteiger partial charge in [0.25, 0.3) is 5.91 Å². The number of amides is 1. The third-order valence-corrected chi connectivity index (χ3v) is 4.59. The Kier molecular flexibility index (Phi) is 9.29. The smallest absolute Gasteiger partial charge is 0.306 e. The highest BCUT2D eigenvalue weighted by molar-refractivity contribution is 5.95. The van der Waals surface area contributed by atoms with Crippen molar-refractivity contribution in [3.8, 4) is 23.3 Å². The third kappa shape index (κ3) is 6.35. The topological polar surface area (TPSA) is 98.1 Å². The number of methoxy groups -OCH3 is 3. The van der Waals surface area contributed by atoms with Crippen LogP contribution in [0.3, 0.4) is 0 Å². The Morgan fingerprint density at radius 1 is 1.06 bits per heavy atom. The van der Waals surface area contributed by atoms with Crippen LogP contribution in [0.5, 0.6) is 17.2 Å². The fourth-order valence-corrected chi connectivity index (χ4v) is 3.03. The van der Waals surface area contributed by atoms with Gasteiger partial charge in [-0.15, -0.1) is 0 Å². The summed E-state index contributed by atoms with van der Waals surface area (Å²) in [6.07, 6.45) is 0.328. The van der Waals surface area contributed by atoms with Crippen LogP contribution in [0.15, 0.2) is 36.4 Å². The maximum Gasteiger partial charge on any atom is 0.306 e. The number of hydrogen-bond acceptors (Lipinski definition) is 7. The molecule has 8 nitrogen and oxygen atoms in total. The summed E-state index contributed by atoms with van der Waals surface area (Å²) in [6, 6.07) is 11.1. The molecule has 0 saturated carbocycles. The largest absolute Gasteiger partial charge is 0.493 e. The van der Waals surface area contributed by atoms with Gasteiger partial charge in [0, 0.05) is 13.0 Å². The van der Waals surface area contributed by atoms with Gasteiger partial charge >= 0.3 is 5.97 Å². The first-order valence-corrected chi connectivity index (χ1v) is 9.81. The summed E-state index contributed by atoms with van der Waals surface area (Å²) in [5.41, 5.74) is 0.783. The number of benzene rings is 2. The van der Waals surface area contributed by atoms with E-state index in [4.69, 9.17) is 24.2 Å². The molecule has 0 bridgehead atoms. The SMILES string of the molecule is COc1cc(CCC(=O)OCC(=O)N(CCC#N)c2ccccc2F)cc(OC)c1OC. The monoisotopic (exact) mass is 444 g/mol. The highest BCUT2D eigenvalue weighted by Gasteiger charge is 2.20. The van der Waals surface area contributed by atoms with Gasteiger partial charge in [-0.05, 0) is 36.2 Å². The number of para-hydroxylation sites is 1. The number of anilines is 1. The lowest BCUT2D eigenvalue weighted by Gasteiger charge is -2.22. The van der Waals surface area contributed by atoms with Crippen LogP contribution >= 0.6 is 0 Å². The second-order valence-corrected chi connectivity index (χ2v) is 6.60. The van der Waals surface area contributed by atoms with E-state index in [0.717, 1.165) is 10.5 Å². The number of hydrogen-bond donors (Lipinski definition) is 0. The fraction of sp³-hybridized carbons (Fsp3) is 0.348. The zero-order valence-corrected chi connectivity index (χ0v) is 18.2. The van der Waals surface area contributed by atoms with Crippen LogP contribution in [-0.2, 0) is 20.7 Å². The van der Waals surface area contributed by atoms with E-state index >= 15 is 0 Å². The molecule has 0 aliphatic heterocycles. The van der Waals surface area contributed by atoms with Gasteiger partial charge in [-0.25, -0.2) is 4.39 Å². The molecule has 0 spiro atoms. The Hall–Kier alpha value is -3.80. The summed E-state index contributed by atoms with van der Waals surface area (Å²) in [6.45, 7) is -0.576. The Labute approximate surface area is 186 Å².